The highest BCUT2D eigenvalue weighted by Crippen LogP contribution is 1.98. The van der Waals surface area contributed by atoms with E-state index in [4.69, 9.17) is 0 Å². The first-order valence-corrected chi connectivity index (χ1v) is 2.33. The normalized spacial score (nSPS) is 8.10. The van der Waals surface area contributed by atoms with Gasteiger partial charge in [-0.3, -0.25) is 4.79 Å². The fraction of sp³-hybridized carbons (Fsp3) is 0.250. The highest BCUT2D eigenvalue weighted by molar-refractivity contribution is 5.85. The van der Waals surface area contributed by atoms with E-state index in [0.29, 0.717) is 0 Å². The number of ether oxygens (including phenoxy) is 1. The molecule has 0 aliphatic carbocycles. The minimum Gasteiger partial charge on any atom is -0.404 e. The van der Waals surface area contributed by atoms with Gasteiger partial charge in [-0.05, 0) is 0 Å². The number of nitrogens with zero attached hydrogens (tertiary/aromatic N) is 2. The summed E-state index contributed by atoms with van der Waals surface area (Å²) in [7, 11) is 0. The first-order chi connectivity index (χ1) is 4.29. The smallest absolute Gasteiger partial charge is 0.309 e. The second-order valence-electron chi connectivity index (χ2n) is 1.40. The van der Waals surface area contributed by atoms with Gasteiger partial charge in [-0.2, -0.15) is 10.3 Å². The van der Waals surface area contributed by atoms with E-state index in [1.165, 1.54) is 13.1 Å². The molecule has 0 fully saturated rings. The van der Waals surface area contributed by atoms with Crippen LogP contribution in [0.25, 0.3) is 0 Å². The van der Waals surface area contributed by atoms with Gasteiger partial charge in [-0.15, -0.1) is 17.5 Å². The maximum atomic E-state index is 10.2. The van der Waals surface area contributed by atoms with Crippen molar-refractivity contribution in [3.05, 3.63) is 6.20 Å². The van der Waals surface area contributed by atoms with Crippen molar-refractivity contribution >= 4 is 18.4 Å². The molecule has 1 N–H and O–H groups in total. The molecule has 0 unspecified atom stereocenters. The highest BCUT2D eigenvalue weighted by Gasteiger charge is 1.97. The Morgan fingerprint density at radius 3 is 2.90 bits per heavy atom. The van der Waals surface area contributed by atoms with Gasteiger partial charge in [0.2, 0.25) is 0 Å². The molecule has 0 spiro atoms. The summed E-state index contributed by atoms with van der Waals surface area (Å²) in [6.45, 7) is 1.30. The van der Waals surface area contributed by atoms with Crippen molar-refractivity contribution in [2.24, 2.45) is 0 Å². The Kier molecular flexibility index (Phi) is 3.42. The Balaban J connectivity index is 0.000000810. The second-order valence-corrected chi connectivity index (χ2v) is 1.40. The molecule has 0 saturated carbocycles. The molecule has 0 aliphatic heterocycles. The molecule has 1 rings (SSSR count). The minimum atomic E-state index is -0.399. The summed E-state index contributed by atoms with van der Waals surface area (Å²) in [6.07, 6.45) is 1.32. The van der Waals surface area contributed by atoms with Crippen LogP contribution >= 0.6 is 12.4 Å². The first-order valence-electron chi connectivity index (χ1n) is 2.33. The zero-order chi connectivity index (χ0) is 6.69. The van der Waals surface area contributed by atoms with Crippen molar-refractivity contribution in [3.63, 3.8) is 0 Å². The highest BCUT2D eigenvalue weighted by atomic mass is 35.5. The van der Waals surface area contributed by atoms with Crippen molar-refractivity contribution < 1.29 is 9.53 Å². The fourth-order valence-corrected chi connectivity index (χ4v) is 0.388. The molecule has 1 heterocycles. The van der Waals surface area contributed by atoms with E-state index < -0.39 is 5.97 Å². The number of rotatable bonds is 1. The topological polar surface area (TPSA) is 67.9 Å². The third kappa shape index (κ3) is 2.45. The van der Waals surface area contributed by atoms with Crippen LogP contribution in [0.15, 0.2) is 6.20 Å². The minimum absolute atomic E-state index is 0. The predicted molar refractivity (Wildman–Crippen MR) is 34.9 cm³/mol. The lowest BCUT2D eigenvalue weighted by atomic mass is 10.8. The Morgan fingerprint density at radius 2 is 2.50 bits per heavy atom. The molecule has 0 bridgehead atoms. The van der Waals surface area contributed by atoms with Crippen molar-refractivity contribution in [3.8, 4) is 5.88 Å². The van der Waals surface area contributed by atoms with Crippen LogP contribution in [0.5, 0.6) is 5.88 Å². The summed E-state index contributed by atoms with van der Waals surface area (Å²) in [5.74, 6) is -0.202. The molecule has 0 amide bonds. The lowest BCUT2D eigenvalue weighted by molar-refractivity contribution is -0.132. The number of aromatic nitrogens is 3. The zero-order valence-electron chi connectivity index (χ0n) is 5.20. The van der Waals surface area contributed by atoms with Gasteiger partial charge in [0, 0.05) is 6.92 Å². The van der Waals surface area contributed by atoms with Crippen LogP contribution in [0.3, 0.4) is 0 Å². The maximum absolute atomic E-state index is 10.2. The van der Waals surface area contributed by atoms with E-state index >= 15 is 0 Å². The maximum Gasteiger partial charge on any atom is 0.309 e. The molecular formula is C4H6ClN3O2. The van der Waals surface area contributed by atoms with E-state index in [2.05, 4.69) is 20.1 Å². The third-order valence-corrected chi connectivity index (χ3v) is 0.641. The molecule has 0 atom stereocenters. The second kappa shape index (κ2) is 3.84. The zero-order valence-corrected chi connectivity index (χ0v) is 6.01. The summed E-state index contributed by atoms with van der Waals surface area (Å²) in [4.78, 5) is 10.2. The van der Waals surface area contributed by atoms with Gasteiger partial charge in [0.15, 0.2) is 0 Å². The van der Waals surface area contributed by atoms with Crippen molar-refractivity contribution in [2.45, 2.75) is 6.92 Å². The lowest BCUT2D eigenvalue weighted by Crippen LogP contribution is -2.01. The molecule has 5 nitrogen and oxygen atoms in total. The van der Waals surface area contributed by atoms with Gasteiger partial charge in [-0.1, -0.05) is 0 Å². The van der Waals surface area contributed by atoms with E-state index in [9.17, 15) is 4.79 Å². The van der Waals surface area contributed by atoms with Crippen LogP contribution in [0.4, 0.5) is 0 Å². The summed E-state index contributed by atoms with van der Waals surface area (Å²) in [6, 6.07) is 0. The van der Waals surface area contributed by atoms with Crippen LogP contribution in [0, 0.1) is 0 Å². The summed E-state index contributed by atoms with van der Waals surface area (Å²) >= 11 is 0. The molecule has 0 aliphatic rings. The van der Waals surface area contributed by atoms with E-state index in [-0.39, 0.29) is 18.3 Å². The standard InChI is InChI=1S/C4H5N3O2.ClH/c1-3(8)9-4-2-5-7-6-4;/h2H,1H3,(H,5,6,7);1H. The summed E-state index contributed by atoms with van der Waals surface area (Å²) in [5.41, 5.74) is 0. The third-order valence-electron chi connectivity index (χ3n) is 0.641. The quantitative estimate of drug-likeness (QED) is 0.599. The van der Waals surface area contributed by atoms with Crippen LogP contribution in [0.2, 0.25) is 0 Å². The van der Waals surface area contributed by atoms with E-state index in [1.54, 1.807) is 0 Å². The number of hydrogen-bond acceptors (Lipinski definition) is 4. The molecular weight excluding hydrogens is 158 g/mol. The number of aromatic amines is 1. The Labute approximate surface area is 63.2 Å². The Morgan fingerprint density at radius 1 is 1.80 bits per heavy atom. The van der Waals surface area contributed by atoms with Gasteiger partial charge in [0.25, 0.3) is 5.88 Å². The molecule has 0 saturated heterocycles. The molecule has 0 aromatic carbocycles. The number of carbonyl (C=O) groups excluding carboxylic acids is 1. The average molecular weight is 164 g/mol. The number of esters is 1. The van der Waals surface area contributed by atoms with Crippen LogP contribution in [-0.4, -0.2) is 21.4 Å². The number of halogens is 1. The van der Waals surface area contributed by atoms with Gasteiger partial charge in [0.05, 0.1) is 0 Å². The van der Waals surface area contributed by atoms with Crippen molar-refractivity contribution in [1.82, 2.24) is 15.4 Å². The molecule has 10 heavy (non-hydrogen) atoms. The van der Waals surface area contributed by atoms with E-state index in [0.717, 1.165) is 0 Å². The molecule has 1 aromatic rings. The Bertz CT molecular complexity index is 198. The van der Waals surface area contributed by atoms with Gasteiger partial charge < -0.3 is 4.74 Å². The lowest BCUT2D eigenvalue weighted by Gasteiger charge is -1.89. The fourth-order valence-electron chi connectivity index (χ4n) is 0.388. The number of nitrogens with one attached hydrogen (secondary N) is 1. The largest absolute Gasteiger partial charge is 0.404 e. The van der Waals surface area contributed by atoms with Crippen LogP contribution < -0.4 is 4.74 Å². The van der Waals surface area contributed by atoms with Crippen LogP contribution in [-0.2, 0) is 4.79 Å². The predicted octanol–water partition coefficient (Wildman–Crippen LogP) is 0.152. The molecule has 1 aromatic heterocycles. The molecule has 0 radical (unpaired) electrons. The summed E-state index contributed by atoms with van der Waals surface area (Å²) in [5, 5.41) is 9.20. The monoisotopic (exact) mass is 163 g/mol. The Hall–Kier alpha value is -1.10. The molecule has 6 heteroatoms. The van der Waals surface area contributed by atoms with Crippen LogP contribution in [0.1, 0.15) is 6.92 Å². The van der Waals surface area contributed by atoms with Gasteiger partial charge >= 0.3 is 5.97 Å². The van der Waals surface area contributed by atoms with Crippen molar-refractivity contribution in [2.75, 3.05) is 0 Å². The number of H-pyrrole nitrogens is 1. The average Bonchev–Trinajstić information content (AvgIpc) is 2.15. The molecule has 56 valence electrons. The number of carbonyl (C=O) groups is 1. The first kappa shape index (κ1) is 8.90. The SMILES string of the molecule is CC(=O)Oc1cn[nH]n1.Cl. The van der Waals surface area contributed by atoms with E-state index in [1.807, 2.05) is 0 Å². The summed E-state index contributed by atoms with van der Waals surface area (Å²) < 4.78 is 4.51. The van der Waals surface area contributed by atoms with Gasteiger partial charge in [-0.25, -0.2) is 0 Å². The number of hydrogen-bond donors (Lipinski definition) is 1. The van der Waals surface area contributed by atoms with Gasteiger partial charge in [0.1, 0.15) is 6.20 Å². The van der Waals surface area contributed by atoms with Crippen molar-refractivity contribution in [1.29, 1.82) is 0 Å².